The van der Waals surface area contributed by atoms with Crippen molar-refractivity contribution in [1.82, 2.24) is 38.5 Å². The first-order valence-electron chi connectivity index (χ1n) is 36.5. The molecule has 8 heterocycles. The molecule has 5 aliphatic heterocycles. The number of aromatic nitrogens is 6. The SMILES string of the molecule is O=C(C1CC1)N1CC2(C1)C(=O)N(Cc1nc3c(n1CCCC(F)(F)F)CCCC3)c1cc(F)ccc12.O=C(C1CC1)N1CC2(C1)C(=O)N(Cc1nc3c(n1CCCC(F)(F)F)CCCC3)c1cc(F)ccc12.O=C1N(Cc2nc3c(n2CCCC(F)(F)F)CCCC3)c2cc(F)ccc2C12CCC2. The Morgan fingerprint density at radius 1 is 0.408 bits per heavy atom. The van der Waals surface area contributed by atoms with Gasteiger partial charge < -0.3 is 38.2 Å². The zero-order valence-corrected chi connectivity index (χ0v) is 57.1. The number of imidazole rings is 3. The molecule has 5 fully saturated rings. The van der Waals surface area contributed by atoms with Crippen molar-refractivity contribution in [2.45, 2.75) is 235 Å². The summed E-state index contributed by atoms with van der Waals surface area (Å²) < 4.78 is 163. The van der Waals surface area contributed by atoms with E-state index >= 15 is 0 Å². The second-order valence-corrected chi connectivity index (χ2v) is 30.2. The Morgan fingerprint density at radius 2 is 0.699 bits per heavy atom. The Bertz CT molecular complexity index is 4150. The fourth-order valence-electron chi connectivity index (χ4n) is 17.5. The summed E-state index contributed by atoms with van der Waals surface area (Å²) in [5.74, 6) is 0.143. The number of amides is 5. The minimum atomic E-state index is -4.23. The van der Waals surface area contributed by atoms with Crippen LogP contribution in [0.15, 0.2) is 54.6 Å². The molecule has 0 N–H and O–H groups in total. The summed E-state index contributed by atoms with van der Waals surface area (Å²) in [4.78, 5) is 88.4. The van der Waals surface area contributed by atoms with Gasteiger partial charge in [-0.2, -0.15) is 39.5 Å². The Hall–Kier alpha value is -8.20. The lowest BCUT2D eigenvalue weighted by Gasteiger charge is -2.47. The number of hydrogen-bond acceptors (Lipinski definition) is 8. The standard InChI is InChI=1S/2C26H28F4N4O2.C23H25F4N3O/c2*27-17-8-9-18-21(12-17)34(24(36)25(18)14-32(15-25)23(35)16-6-7-16)13-22-31-19-4-1-2-5-20(19)33(22)11-3-10-26(28,29)30;24-15-7-8-16-19(13-15)30(21(31)22(16)9-3-10-22)14-20-28-17-5-1-2-6-18(17)29(20)12-4-11-23(25,26)27/h2*8-9,12,16H,1-7,10-11,13-15H2;7-8,13H,1-6,9-12,14H2. The summed E-state index contributed by atoms with van der Waals surface area (Å²) in [7, 11) is 0. The van der Waals surface area contributed by atoms with E-state index in [9.17, 15) is 76.7 Å². The minimum absolute atomic E-state index is 0.0254. The molecule has 5 amide bonds. The molecule has 3 saturated carbocycles. The van der Waals surface area contributed by atoms with Gasteiger partial charge in [-0.1, -0.05) is 24.6 Å². The van der Waals surface area contributed by atoms with Crippen LogP contribution in [-0.4, -0.2) is 113 Å². The van der Waals surface area contributed by atoms with E-state index in [1.54, 1.807) is 32.9 Å². The molecule has 3 aromatic carbocycles. The number of anilines is 3. The van der Waals surface area contributed by atoms with Crippen LogP contribution in [0.4, 0.5) is 69.7 Å². The highest BCUT2D eigenvalue weighted by atomic mass is 19.4. The number of nitrogens with zero attached hydrogens (tertiary/aromatic N) is 11. The van der Waals surface area contributed by atoms with Gasteiger partial charge in [0.25, 0.3) is 0 Å². The largest absolute Gasteiger partial charge is 0.389 e. The maximum absolute atomic E-state index is 14.3. The molecule has 6 aliphatic carbocycles. The van der Waals surface area contributed by atoms with Crippen molar-refractivity contribution in [3.8, 4) is 0 Å². The molecule has 0 unspecified atom stereocenters. The Morgan fingerprint density at radius 3 is 0.981 bits per heavy atom. The minimum Gasteiger partial charge on any atom is -0.339 e. The first-order valence-corrected chi connectivity index (χ1v) is 36.5. The maximum Gasteiger partial charge on any atom is 0.389 e. The molecule has 11 aliphatic rings. The number of hydrogen-bond donors (Lipinski definition) is 0. The highest BCUT2D eigenvalue weighted by Gasteiger charge is 2.62. The van der Waals surface area contributed by atoms with E-state index in [0.717, 1.165) is 162 Å². The molecule has 6 aromatic rings. The van der Waals surface area contributed by atoms with Gasteiger partial charge in [-0.15, -0.1) is 0 Å². The van der Waals surface area contributed by atoms with Crippen LogP contribution in [0.3, 0.4) is 0 Å². The Labute approximate surface area is 587 Å². The number of aryl methyl sites for hydroxylation is 3. The van der Waals surface area contributed by atoms with E-state index < -0.39 is 71.5 Å². The van der Waals surface area contributed by atoms with Crippen molar-refractivity contribution in [3.63, 3.8) is 0 Å². The van der Waals surface area contributed by atoms with Crippen LogP contribution < -0.4 is 14.7 Å². The number of carbonyl (C=O) groups is 5. The van der Waals surface area contributed by atoms with Crippen LogP contribution >= 0.6 is 0 Å². The monoisotopic (exact) mass is 1440 g/mol. The number of likely N-dealkylation sites (tertiary alicyclic amines) is 2. The topological polar surface area (TPSA) is 155 Å². The smallest absolute Gasteiger partial charge is 0.339 e. The van der Waals surface area contributed by atoms with Gasteiger partial charge in [0.15, 0.2) is 0 Å². The summed E-state index contributed by atoms with van der Waals surface area (Å²) in [6.45, 7) is 1.93. The molecule has 17 rings (SSSR count). The van der Waals surface area contributed by atoms with Gasteiger partial charge in [0.2, 0.25) is 29.5 Å². The van der Waals surface area contributed by atoms with Crippen molar-refractivity contribution >= 4 is 46.6 Å². The van der Waals surface area contributed by atoms with Gasteiger partial charge >= 0.3 is 18.5 Å². The highest BCUT2D eigenvalue weighted by molar-refractivity contribution is 6.11. The first kappa shape index (κ1) is 70.5. The molecule has 3 spiro atoms. The highest BCUT2D eigenvalue weighted by Crippen LogP contribution is 2.55. The van der Waals surface area contributed by atoms with E-state index in [4.69, 9.17) is 15.0 Å². The van der Waals surface area contributed by atoms with Crippen molar-refractivity contribution in [2.75, 3.05) is 40.9 Å². The molecule has 0 atom stereocenters. The Kier molecular flexibility index (Phi) is 18.3. The van der Waals surface area contributed by atoms with Gasteiger partial charge in [-0.3, -0.25) is 24.0 Å². The lowest BCUT2D eigenvalue weighted by atomic mass is 9.65. The number of rotatable bonds is 17. The van der Waals surface area contributed by atoms with Crippen LogP contribution in [-0.2, 0) is 118 Å². The quantitative estimate of drug-likeness (QED) is 0.0818. The molecular weight excluding hydrogens is 1360 g/mol. The number of benzene rings is 3. The zero-order valence-electron chi connectivity index (χ0n) is 57.1. The number of halogens is 12. The molecule has 28 heteroatoms. The fourth-order valence-corrected chi connectivity index (χ4v) is 17.5. The third-order valence-corrected chi connectivity index (χ3v) is 23.1. The zero-order chi connectivity index (χ0) is 72.3. The summed E-state index contributed by atoms with van der Waals surface area (Å²) in [5.41, 5.74) is 6.97. The van der Waals surface area contributed by atoms with E-state index in [1.165, 1.54) is 46.2 Å². The number of carbonyl (C=O) groups excluding carboxylic acids is 5. The third kappa shape index (κ3) is 13.4. The second-order valence-electron chi connectivity index (χ2n) is 30.2. The lowest BCUT2D eigenvalue weighted by molar-refractivity contribution is -0.146. The van der Waals surface area contributed by atoms with Crippen LogP contribution in [0, 0.1) is 29.3 Å². The van der Waals surface area contributed by atoms with Crippen molar-refractivity contribution in [1.29, 1.82) is 0 Å². The molecular formula is C75H81F12N11O5. The summed E-state index contributed by atoms with van der Waals surface area (Å²) in [5, 5.41) is 0. The van der Waals surface area contributed by atoms with Gasteiger partial charge in [0.05, 0.1) is 59.2 Å². The predicted molar refractivity (Wildman–Crippen MR) is 353 cm³/mol. The van der Waals surface area contributed by atoms with Gasteiger partial charge in [0.1, 0.15) is 45.8 Å². The van der Waals surface area contributed by atoms with E-state index in [-0.39, 0.29) is 126 Å². The summed E-state index contributed by atoms with van der Waals surface area (Å²) in [6.07, 6.45) is 0.953. The number of alkyl halides is 9. The number of fused-ring (bicyclic) bond motifs is 9. The predicted octanol–water partition coefficient (Wildman–Crippen LogP) is 13.8. The van der Waals surface area contributed by atoms with Gasteiger partial charge in [-0.25, -0.2) is 28.1 Å². The maximum atomic E-state index is 14.3. The average Bonchev–Trinajstić information content (AvgIpc) is 1.55. The Balaban J connectivity index is 0.000000125. The third-order valence-electron chi connectivity index (χ3n) is 23.1. The molecule has 0 radical (unpaired) electrons. The van der Waals surface area contributed by atoms with E-state index in [2.05, 4.69) is 0 Å². The van der Waals surface area contributed by atoms with Crippen LogP contribution in [0.25, 0.3) is 0 Å². The first-order chi connectivity index (χ1) is 49.1. The fraction of sp³-hybridized carbons (Fsp3) is 0.573. The molecule has 550 valence electrons. The van der Waals surface area contributed by atoms with Crippen molar-refractivity contribution in [2.24, 2.45) is 11.8 Å². The van der Waals surface area contributed by atoms with E-state index in [1.807, 2.05) is 13.7 Å². The lowest BCUT2D eigenvalue weighted by Crippen LogP contribution is -2.65. The summed E-state index contributed by atoms with van der Waals surface area (Å²) >= 11 is 0. The van der Waals surface area contributed by atoms with E-state index in [0.29, 0.717) is 45.7 Å². The van der Waals surface area contributed by atoms with Crippen molar-refractivity contribution < 1.29 is 76.7 Å². The molecule has 3 aromatic heterocycles. The average molecular weight is 1440 g/mol. The molecule has 0 bridgehead atoms. The van der Waals surface area contributed by atoms with Gasteiger partial charge in [-0.05, 0) is 188 Å². The molecule has 103 heavy (non-hydrogen) atoms. The normalized spacial score (nSPS) is 20.2. The van der Waals surface area contributed by atoms with Crippen LogP contribution in [0.1, 0.15) is 190 Å². The van der Waals surface area contributed by atoms with Gasteiger partial charge in [0, 0.05) is 94.0 Å². The summed E-state index contributed by atoms with van der Waals surface area (Å²) in [6, 6.07) is 13.1. The molecule has 16 nitrogen and oxygen atoms in total. The van der Waals surface area contributed by atoms with Crippen LogP contribution in [0.5, 0.6) is 0 Å². The molecule has 2 saturated heterocycles. The second kappa shape index (κ2) is 26.7. The van der Waals surface area contributed by atoms with Crippen LogP contribution in [0.2, 0.25) is 0 Å². The van der Waals surface area contributed by atoms with Crippen molar-refractivity contribution in [3.05, 3.63) is 140 Å².